The van der Waals surface area contributed by atoms with Crippen molar-refractivity contribution in [2.24, 2.45) is 4.99 Å². The Hall–Kier alpha value is -0.850. The highest BCUT2D eigenvalue weighted by Crippen LogP contribution is 1.94. The van der Waals surface area contributed by atoms with Crippen molar-refractivity contribution in [3.8, 4) is 0 Å². The number of hydrogen-bond acceptors (Lipinski definition) is 1. The summed E-state index contributed by atoms with van der Waals surface area (Å²) in [7, 11) is 0. The van der Waals surface area contributed by atoms with Gasteiger partial charge in [-0.05, 0) is 20.3 Å². The van der Waals surface area contributed by atoms with Gasteiger partial charge in [0.15, 0.2) is 0 Å². The highest BCUT2D eigenvalue weighted by Gasteiger charge is 1.86. The molecule has 0 aromatic heterocycles. The monoisotopic (exact) mass is 151 g/mol. The summed E-state index contributed by atoms with van der Waals surface area (Å²) in [6, 6.07) is 0. The average molecular weight is 151 g/mol. The van der Waals surface area contributed by atoms with Crippen molar-refractivity contribution in [3.05, 3.63) is 24.3 Å². The molecule has 0 atom stereocenters. The lowest BCUT2D eigenvalue weighted by atomic mass is 10.2. The Kier molecular flexibility index (Phi) is 5.44. The second-order valence-electron chi connectivity index (χ2n) is 2.65. The largest absolute Gasteiger partial charge is 0.290 e. The van der Waals surface area contributed by atoms with Gasteiger partial charge in [-0.3, -0.25) is 4.99 Å². The van der Waals surface area contributed by atoms with Crippen LogP contribution < -0.4 is 0 Å². The molecule has 0 fully saturated rings. The van der Waals surface area contributed by atoms with Crippen LogP contribution >= 0.6 is 0 Å². The zero-order valence-electron chi connectivity index (χ0n) is 7.72. The molecule has 0 spiro atoms. The third-order valence-corrected chi connectivity index (χ3v) is 1.51. The summed E-state index contributed by atoms with van der Waals surface area (Å²) in [6.07, 6.45) is 4.83. The molecule has 0 aliphatic carbocycles. The van der Waals surface area contributed by atoms with Crippen LogP contribution in [-0.4, -0.2) is 12.3 Å². The maximum absolute atomic E-state index is 4.36. The van der Waals surface area contributed by atoms with Gasteiger partial charge in [-0.2, -0.15) is 0 Å². The molecule has 0 heterocycles. The van der Waals surface area contributed by atoms with E-state index in [-0.39, 0.29) is 0 Å². The second-order valence-corrected chi connectivity index (χ2v) is 2.65. The highest BCUT2D eigenvalue weighted by atomic mass is 14.7. The third-order valence-electron chi connectivity index (χ3n) is 1.51. The molecule has 0 unspecified atom stereocenters. The molecule has 0 saturated carbocycles. The van der Waals surface area contributed by atoms with Crippen molar-refractivity contribution < 1.29 is 0 Å². The fourth-order valence-electron chi connectivity index (χ4n) is 0.625. The van der Waals surface area contributed by atoms with Crippen molar-refractivity contribution in [1.29, 1.82) is 0 Å². The van der Waals surface area contributed by atoms with Crippen LogP contribution in [0.1, 0.15) is 27.2 Å². The quantitative estimate of drug-likeness (QED) is 0.432. The van der Waals surface area contributed by atoms with E-state index in [4.69, 9.17) is 0 Å². The van der Waals surface area contributed by atoms with Gasteiger partial charge < -0.3 is 0 Å². The van der Waals surface area contributed by atoms with Crippen molar-refractivity contribution in [1.82, 2.24) is 0 Å². The smallest absolute Gasteiger partial charge is 0.0599 e. The molecule has 0 aliphatic rings. The summed E-state index contributed by atoms with van der Waals surface area (Å²) in [5.41, 5.74) is 2.47. The van der Waals surface area contributed by atoms with Gasteiger partial charge in [0.25, 0.3) is 0 Å². The minimum Gasteiger partial charge on any atom is -0.290 e. The lowest BCUT2D eigenvalue weighted by molar-refractivity contribution is 1.10. The van der Waals surface area contributed by atoms with Crippen molar-refractivity contribution in [3.63, 3.8) is 0 Å². The van der Waals surface area contributed by atoms with E-state index in [2.05, 4.69) is 32.3 Å². The lowest BCUT2D eigenvalue weighted by Crippen LogP contribution is -1.91. The van der Waals surface area contributed by atoms with Gasteiger partial charge in [0.05, 0.1) is 6.54 Å². The number of aliphatic imine (C=N–C) groups is 1. The van der Waals surface area contributed by atoms with Gasteiger partial charge in [-0.25, -0.2) is 0 Å². The Morgan fingerprint density at radius 3 is 2.55 bits per heavy atom. The Morgan fingerprint density at radius 1 is 1.45 bits per heavy atom. The van der Waals surface area contributed by atoms with Crippen molar-refractivity contribution in [2.45, 2.75) is 27.2 Å². The molecule has 62 valence electrons. The van der Waals surface area contributed by atoms with Crippen LogP contribution in [0.2, 0.25) is 0 Å². The van der Waals surface area contributed by atoms with E-state index in [1.54, 1.807) is 6.08 Å². The predicted octanol–water partition coefficient (Wildman–Crippen LogP) is 2.99. The molecule has 0 amide bonds. The summed E-state index contributed by atoms with van der Waals surface area (Å²) >= 11 is 0. The van der Waals surface area contributed by atoms with Crippen LogP contribution in [0.15, 0.2) is 29.3 Å². The topological polar surface area (TPSA) is 12.4 Å². The molecular weight excluding hydrogens is 134 g/mol. The van der Waals surface area contributed by atoms with Crippen molar-refractivity contribution in [2.75, 3.05) is 6.54 Å². The summed E-state index contributed by atoms with van der Waals surface area (Å²) in [4.78, 5) is 4.36. The van der Waals surface area contributed by atoms with E-state index >= 15 is 0 Å². The molecule has 0 N–H and O–H groups in total. The Labute approximate surface area is 69.5 Å². The van der Waals surface area contributed by atoms with E-state index in [9.17, 15) is 0 Å². The first-order chi connectivity index (χ1) is 5.20. The fourth-order valence-corrected chi connectivity index (χ4v) is 0.625. The normalized spacial score (nSPS) is 13.4. The van der Waals surface area contributed by atoms with Crippen LogP contribution in [0.25, 0.3) is 0 Å². The van der Waals surface area contributed by atoms with Gasteiger partial charge in [0, 0.05) is 5.71 Å². The molecule has 1 nitrogen and oxygen atoms in total. The fraction of sp³-hybridized carbons (Fsp3) is 0.500. The molecule has 0 bridgehead atoms. The zero-order valence-corrected chi connectivity index (χ0v) is 7.72. The minimum atomic E-state index is 0.811. The van der Waals surface area contributed by atoms with Crippen LogP contribution in [0.5, 0.6) is 0 Å². The molecule has 0 aromatic rings. The van der Waals surface area contributed by atoms with Gasteiger partial charge >= 0.3 is 0 Å². The lowest BCUT2D eigenvalue weighted by Gasteiger charge is -1.96. The standard InChI is InChI=1S/C10H17N/c1-5-7-9(3)8-11-10(4)6-2/h5,7H,1,6,8H2,2-4H3/b9-7+,11-10+. The van der Waals surface area contributed by atoms with Gasteiger partial charge in [-0.1, -0.05) is 31.2 Å². The molecule has 0 saturated heterocycles. The van der Waals surface area contributed by atoms with Crippen molar-refractivity contribution >= 4 is 5.71 Å². The maximum atomic E-state index is 4.36. The van der Waals surface area contributed by atoms with E-state index in [1.807, 2.05) is 6.08 Å². The van der Waals surface area contributed by atoms with Crippen LogP contribution in [0, 0.1) is 0 Å². The number of nitrogens with zero attached hydrogens (tertiary/aromatic N) is 1. The SMILES string of the molecule is C=C/C=C(\C)C/N=C(\C)CC. The minimum absolute atomic E-state index is 0.811. The van der Waals surface area contributed by atoms with E-state index in [0.717, 1.165) is 13.0 Å². The summed E-state index contributed by atoms with van der Waals surface area (Å²) in [6.45, 7) is 10.7. The number of allylic oxidation sites excluding steroid dienone is 2. The summed E-state index contributed by atoms with van der Waals surface area (Å²) in [5.74, 6) is 0. The number of rotatable bonds is 4. The molecule has 1 heteroatoms. The molecule has 11 heavy (non-hydrogen) atoms. The summed E-state index contributed by atoms with van der Waals surface area (Å²) < 4.78 is 0. The van der Waals surface area contributed by atoms with Crippen LogP contribution in [-0.2, 0) is 0 Å². The Morgan fingerprint density at radius 2 is 2.09 bits per heavy atom. The number of hydrogen-bond donors (Lipinski definition) is 0. The van der Waals surface area contributed by atoms with E-state index < -0.39 is 0 Å². The Bertz CT molecular complexity index is 175. The molecule has 0 aliphatic heterocycles. The van der Waals surface area contributed by atoms with Crippen LogP contribution in [0.3, 0.4) is 0 Å². The summed E-state index contributed by atoms with van der Waals surface area (Å²) in [5, 5.41) is 0. The first-order valence-corrected chi connectivity index (χ1v) is 3.98. The maximum Gasteiger partial charge on any atom is 0.0599 e. The van der Waals surface area contributed by atoms with E-state index in [1.165, 1.54) is 11.3 Å². The van der Waals surface area contributed by atoms with Gasteiger partial charge in [0.1, 0.15) is 0 Å². The first-order valence-electron chi connectivity index (χ1n) is 3.98. The molecule has 0 aromatic carbocycles. The Balaban J connectivity index is 3.86. The third kappa shape index (κ3) is 5.59. The molecule has 0 rings (SSSR count). The van der Waals surface area contributed by atoms with Gasteiger partial charge in [0.2, 0.25) is 0 Å². The average Bonchev–Trinajstić information content (AvgIpc) is 2.01. The van der Waals surface area contributed by atoms with Gasteiger partial charge in [-0.15, -0.1) is 0 Å². The molecular formula is C10H17N. The predicted molar refractivity (Wildman–Crippen MR) is 52.2 cm³/mol. The highest BCUT2D eigenvalue weighted by molar-refractivity contribution is 5.81. The first kappa shape index (κ1) is 10.2. The van der Waals surface area contributed by atoms with E-state index in [0.29, 0.717) is 0 Å². The molecule has 0 radical (unpaired) electrons. The van der Waals surface area contributed by atoms with Crippen LogP contribution in [0.4, 0.5) is 0 Å². The zero-order chi connectivity index (χ0) is 8.69. The second kappa shape index (κ2) is 5.90.